The van der Waals surface area contributed by atoms with Gasteiger partial charge in [-0.15, -0.1) is 0 Å². The summed E-state index contributed by atoms with van der Waals surface area (Å²) in [5, 5.41) is 0. The van der Waals surface area contributed by atoms with Crippen molar-refractivity contribution in [2.45, 2.75) is 39.2 Å². The van der Waals surface area contributed by atoms with Gasteiger partial charge in [-0.3, -0.25) is 0 Å². The highest BCUT2D eigenvalue weighted by molar-refractivity contribution is 5.15. The number of aryl methyl sites for hydroxylation is 1. The third-order valence-electron chi connectivity index (χ3n) is 3.11. The maximum Gasteiger partial charge on any atom is 0.0152 e. The van der Waals surface area contributed by atoms with Crippen LogP contribution in [0.2, 0.25) is 0 Å². The van der Waals surface area contributed by atoms with E-state index < -0.39 is 0 Å². The van der Waals surface area contributed by atoms with Crippen molar-refractivity contribution < 1.29 is 0 Å². The summed E-state index contributed by atoms with van der Waals surface area (Å²) in [5.74, 6) is 0.534. The Hall–Kier alpha value is -0.820. The van der Waals surface area contributed by atoms with Crippen LogP contribution in [0.3, 0.4) is 0 Å². The fraction of sp³-hybridized carbons (Fsp3) is 0.538. The summed E-state index contributed by atoms with van der Waals surface area (Å²) in [6.45, 7) is 6.51. The van der Waals surface area contributed by atoms with Crippen LogP contribution in [0, 0.1) is 5.92 Å². The highest BCUT2D eigenvalue weighted by atomic mass is 14.7. The van der Waals surface area contributed by atoms with Crippen LogP contribution in [0.5, 0.6) is 0 Å². The van der Waals surface area contributed by atoms with Crippen molar-refractivity contribution in [3.63, 3.8) is 0 Å². The lowest BCUT2D eigenvalue weighted by Gasteiger charge is -2.29. The first-order valence-corrected chi connectivity index (χ1v) is 5.35. The van der Waals surface area contributed by atoms with Crippen LogP contribution in [0.4, 0.5) is 0 Å². The fourth-order valence-electron chi connectivity index (χ4n) is 1.35. The predicted molar refractivity (Wildman–Crippen MR) is 62.2 cm³/mol. The molecule has 0 aliphatic heterocycles. The number of benzene rings is 1. The second kappa shape index (κ2) is 4.61. The molecule has 0 saturated heterocycles. The van der Waals surface area contributed by atoms with Gasteiger partial charge in [-0.1, -0.05) is 44.2 Å². The van der Waals surface area contributed by atoms with E-state index in [0.717, 1.165) is 12.8 Å². The molecule has 1 aromatic rings. The van der Waals surface area contributed by atoms with Gasteiger partial charge < -0.3 is 5.73 Å². The first-order chi connectivity index (χ1) is 6.52. The molecule has 0 aliphatic rings. The number of hydrogen-bond donors (Lipinski definition) is 1. The van der Waals surface area contributed by atoms with Crippen molar-refractivity contribution in [2.24, 2.45) is 11.7 Å². The quantitative estimate of drug-likeness (QED) is 0.778. The van der Waals surface area contributed by atoms with E-state index in [0.29, 0.717) is 5.92 Å². The molecule has 1 aromatic carbocycles. The summed E-state index contributed by atoms with van der Waals surface area (Å²) < 4.78 is 0. The van der Waals surface area contributed by atoms with E-state index in [-0.39, 0.29) is 5.54 Å². The van der Waals surface area contributed by atoms with E-state index in [4.69, 9.17) is 5.73 Å². The molecule has 0 spiro atoms. The van der Waals surface area contributed by atoms with Crippen LogP contribution in [0.1, 0.15) is 32.8 Å². The van der Waals surface area contributed by atoms with Crippen molar-refractivity contribution in [3.05, 3.63) is 35.9 Å². The van der Waals surface area contributed by atoms with Crippen LogP contribution in [0.25, 0.3) is 0 Å². The number of rotatable bonds is 4. The Morgan fingerprint density at radius 1 is 1.21 bits per heavy atom. The lowest BCUT2D eigenvalue weighted by atomic mass is 9.84. The summed E-state index contributed by atoms with van der Waals surface area (Å²) in [5.41, 5.74) is 7.54. The highest BCUT2D eigenvalue weighted by Crippen LogP contribution is 2.19. The maximum absolute atomic E-state index is 6.21. The molecule has 0 heterocycles. The fourth-order valence-corrected chi connectivity index (χ4v) is 1.35. The normalized spacial score (nSPS) is 15.5. The van der Waals surface area contributed by atoms with E-state index in [1.54, 1.807) is 0 Å². The van der Waals surface area contributed by atoms with Crippen LogP contribution < -0.4 is 5.73 Å². The van der Waals surface area contributed by atoms with Gasteiger partial charge in [0.25, 0.3) is 0 Å². The smallest absolute Gasteiger partial charge is 0.0152 e. The van der Waals surface area contributed by atoms with Crippen LogP contribution in [-0.4, -0.2) is 5.54 Å². The number of hydrogen-bond acceptors (Lipinski definition) is 1. The Morgan fingerprint density at radius 2 is 1.79 bits per heavy atom. The Balaban J connectivity index is 2.49. The summed E-state index contributed by atoms with van der Waals surface area (Å²) in [4.78, 5) is 0. The van der Waals surface area contributed by atoms with E-state index in [9.17, 15) is 0 Å². The minimum absolute atomic E-state index is 0.0458. The van der Waals surface area contributed by atoms with Crippen molar-refractivity contribution in [3.8, 4) is 0 Å². The molecule has 0 fully saturated rings. The first kappa shape index (κ1) is 11.3. The molecule has 1 rings (SSSR count). The average molecular weight is 191 g/mol. The SMILES string of the molecule is CC(C)C(C)(N)CCc1ccccc1. The van der Waals surface area contributed by atoms with Crippen molar-refractivity contribution >= 4 is 0 Å². The molecule has 14 heavy (non-hydrogen) atoms. The molecule has 1 atom stereocenters. The van der Waals surface area contributed by atoms with Crippen LogP contribution >= 0.6 is 0 Å². The van der Waals surface area contributed by atoms with Gasteiger partial charge in [-0.05, 0) is 31.2 Å². The monoisotopic (exact) mass is 191 g/mol. The molecular weight excluding hydrogens is 170 g/mol. The summed E-state index contributed by atoms with van der Waals surface area (Å²) in [7, 11) is 0. The van der Waals surface area contributed by atoms with Crippen molar-refractivity contribution in [1.82, 2.24) is 0 Å². The van der Waals surface area contributed by atoms with Gasteiger partial charge in [0, 0.05) is 5.54 Å². The summed E-state index contributed by atoms with van der Waals surface area (Å²) in [6, 6.07) is 10.5. The molecule has 2 N–H and O–H groups in total. The van der Waals surface area contributed by atoms with Crippen LogP contribution in [0.15, 0.2) is 30.3 Å². The molecule has 78 valence electrons. The van der Waals surface area contributed by atoms with Gasteiger partial charge in [0.2, 0.25) is 0 Å². The molecule has 0 amide bonds. The second-order valence-electron chi connectivity index (χ2n) is 4.65. The van der Waals surface area contributed by atoms with E-state index in [1.165, 1.54) is 5.56 Å². The first-order valence-electron chi connectivity index (χ1n) is 5.35. The molecule has 1 unspecified atom stereocenters. The number of nitrogens with two attached hydrogens (primary N) is 1. The molecule has 0 bridgehead atoms. The van der Waals surface area contributed by atoms with Crippen molar-refractivity contribution in [2.75, 3.05) is 0 Å². The Bertz CT molecular complexity index is 262. The lowest BCUT2D eigenvalue weighted by Crippen LogP contribution is -2.42. The zero-order valence-electron chi connectivity index (χ0n) is 9.46. The molecule has 0 aromatic heterocycles. The minimum Gasteiger partial charge on any atom is -0.325 e. The topological polar surface area (TPSA) is 26.0 Å². The van der Waals surface area contributed by atoms with E-state index >= 15 is 0 Å². The molecule has 1 heteroatoms. The van der Waals surface area contributed by atoms with Crippen LogP contribution in [-0.2, 0) is 6.42 Å². The van der Waals surface area contributed by atoms with Gasteiger partial charge in [0.1, 0.15) is 0 Å². The second-order valence-corrected chi connectivity index (χ2v) is 4.65. The van der Waals surface area contributed by atoms with Gasteiger partial charge in [0.15, 0.2) is 0 Å². The zero-order chi connectivity index (χ0) is 10.6. The third kappa shape index (κ3) is 3.15. The molecule has 0 radical (unpaired) electrons. The largest absolute Gasteiger partial charge is 0.325 e. The van der Waals surface area contributed by atoms with Gasteiger partial charge in [-0.2, -0.15) is 0 Å². The Morgan fingerprint density at radius 3 is 2.29 bits per heavy atom. The van der Waals surface area contributed by atoms with Crippen molar-refractivity contribution in [1.29, 1.82) is 0 Å². The van der Waals surface area contributed by atoms with E-state index in [2.05, 4.69) is 45.0 Å². The summed E-state index contributed by atoms with van der Waals surface area (Å²) >= 11 is 0. The molecule has 0 aliphatic carbocycles. The molecule has 0 saturated carbocycles. The predicted octanol–water partition coefficient (Wildman–Crippen LogP) is 2.99. The lowest BCUT2D eigenvalue weighted by molar-refractivity contribution is 0.317. The maximum atomic E-state index is 6.21. The minimum atomic E-state index is -0.0458. The molecule has 1 nitrogen and oxygen atoms in total. The Kier molecular flexibility index (Phi) is 3.70. The molecular formula is C13H21N. The zero-order valence-corrected chi connectivity index (χ0v) is 9.46. The highest BCUT2D eigenvalue weighted by Gasteiger charge is 2.22. The van der Waals surface area contributed by atoms with Gasteiger partial charge in [-0.25, -0.2) is 0 Å². The van der Waals surface area contributed by atoms with E-state index in [1.807, 2.05) is 6.07 Å². The summed E-state index contributed by atoms with van der Waals surface area (Å²) in [6.07, 6.45) is 2.13. The Labute approximate surface area is 87.3 Å². The van der Waals surface area contributed by atoms with Gasteiger partial charge in [0.05, 0.1) is 0 Å². The average Bonchev–Trinajstić information content (AvgIpc) is 2.16. The standard InChI is InChI=1S/C13H21N/c1-11(2)13(3,14)10-9-12-7-5-4-6-8-12/h4-8,11H,9-10,14H2,1-3H3. The third-order valence-corrected chi connectivity index (χ3v) is 3.11. The van der Waals surface area contributed by atoms with Gasteiger partial charge >= 0.3 is 0 Å².